The summed E-state index contributed by atoms with van der Waals surface area (Å²) in [6, 6.07) is 0.278. The first-order valence-corrected chi connectivity index (χ1v) is 8.26. The van der Waals surface area contributed by atoms with Crippen molar-refractivity contribution in [3.8, 4) is 0 Å². The fraction of sp³-hybridized carbons (Fsp3) is 0.875. The molecule has 1 aliphatic heterocycles. The summed E-state index contributed by atoms with van der Waals surface area (Å²) < 4.78 is 0. The van der Waals surface area contributed by atoms with E-state index >= 15 is 0 Å². The van der Waals surface area contributed by atoms with Crippen LogP contribution in [0.2, 0.25) is 0 Å². The Labute approximate surface area is 127 Å². The predicted octanol–water partition coefficient (Wildman–Crippen LogP) is 1.82. The van der Waals surface area contributed by atoms with Gasteiger partial charge in [0.2, 0.25) is 5.91 Å². The summed E-state index contributed by atoms with van der Waals surface area (Å²) in [5.41, 5.74) is 0. The largest absolute Gasteiger partial charge is 0.481 e. The Morgan fingerprint density at radius 1 is 1.14 bits per heavy atom. The van der Waals surface area contributed by atoms with Gasteiger partial charge in [-0.2, -0.15) is 0 Å². The molecule has 0 aromatic heterocycles. The Balaban J connectivity index is 1.89. The highest BCUT2D eigenvalue weighted by molar-refractivity contribution is 5.85. The van der Waals surface area contributed by atoms with Crippen LogP contribution in [0.15, 0.2) is 0 Å². The molecule has 21 heavy (non-hydrogen) atoms. The SMILES string of the molecule is CCCN1CCC(N(C)C(=O)C2CCCC2C(=O)O)CC1. The van der Waals surface area contributed by atoms with Crippen LogP contribution in [0.3, 0.4) is 0 Å². The number of carboxylic acids is 1. The van der Waals surface area contributed by atoms with Crippen molar-refractivity contribution in [3.63, 3.8) is 0 Å². The van der Waals surface area contributed by atoms with Crippen LogP contribution in [0.5, 0.6) is 0 Å². The number of aliphatic carboxylic acids is 1. The first kappa shape index (κ1) is 16.3. The third-order valence-corrected chi connectivity index (χ3v) is 5.14. The van der Waals surface area contributed by atoms with E-state index in [1.54, 1.807) is 0 Å². The number of amides is 1. The van der Waals surface area contributed by atoms with Crippen LogP contribution in [0, 0.1) is 11.8 Å². The molecule has 0 bridgehead atoms. The van der Waals surface area contributed by atoms with Crippen molar-refractivity contribution in [1.29, 1.82) is 0 Å². The normalized spacial score (nSPS) is 27.7. The fourth-order valence-electron chi connectivity index (χ4n) is 3.84. The second-order valence-electron chi connectivity index (χ2n) is 6.50. The van der Waals surface area contributed by atoms with Crippen molar-refractivity contribution in [2.75, 3.05) is 26.7 Å². The summed E-state index contributed by atoms with van der Waals surface area (Å²) in [5.74, 6) is -1.54. The van der Waals surface area contributed by atoms with E-state index in [1.165, 1.54) is 6.42 Å². The van der Waals surface area contributed by atoms with Gasteiger partial charge in [-0.1, -0.05) is 13.3 Å². The van der Waals surface area contributed by atoms with Crippen LogP contribution in [0.25, 0.3) is 0 Å². The number of carbonyl (C=O) groups excluding carboxylic acids is 1. The third-order valence-electron chi connectivity index (χ3n) is 5.14. The van der Waals surface area contributed by atoms with Gasteiger partial charge in [0.25, 0.3) is 0 Å². The molecular formula is C16H28N2O3. The van der Waals surface area contributed by atoms with Crippen molar-refractivity contribution in [3.05, 3.63) is 0 Å². The van der Waals surface area contributed by atoms with Crippen LogP contribution in [0.1, 0.15) is 45.4 Å². The maximum Gasteiger partial charge on any atom is 0.307 e. The van der Waals surface area contributed by atoms with Gasteiger partial charge in [-0.05, 0) is 38.6 Å². The number of likely N-dealkylation sites (tertiary alicyclic amines) is 1. The lowest BCUT2D eigenvalue weighted by molar-refractivity contribution is -0.149. The van der Waals surface area contributed by atoms with Gasteiger partial charge in [0.05, 0.1) is 11.8 Å². The molecule has 120 valence electrons. The number of carboxylic acid groups (broad SMARTS) is 1. The predicted molar refractivity (Wildman–Crippen MR) is 81.0 cm³/mol. The molecule has 2 aliphatic rings. The molecule has 1 aliphatic carbocycles. The smallest absolute Gasteiger partial charge is 0.307 e. The topological polar surface area (TPSA) is 60.9 Å². The Kier molecular flexibility index (Phi) is 5.62. The fourth-order valence-corrected chi connectivity index (χ4v) is 3.84. The molecule has 2 unspecified atom stereocenters. The molecule has 5 heteroatoms. The number of rotatable bonds is 5. The van der Waals surface area contributed by atoms with E-state index in [0.717, 1.165) is 45.3 Å². The van der Waals surface area contributed by atoms with E-state index in [0.29, 0.717) is 6.42 Å². The summed E-state index contributed by atoms with van der Waals surface area (Å²) in [6.45, 7) is 5.41. The highest BCUT2D eigenvalue weighted by Crippen LogP contribution is 2.34. The summed E-state index contributed by atoms with van der Waals surface area (Å²) in [6.07, 6.45) is 5.42. The van der Waals surface area contributed by atoms with Crippen LogP contribution < -0.4 is 0 Å². The van der Waals surface area contributed by atoms with Gasteiger partial charge in [-0.3, -0.25) is 9.59 Å². The van der Waals surface area contributed by atoms with Crippen LogP contribution >= 0.6 is 0 Å². The number of carbonyl (C=O) groups is 2. The van der Waals surface area contributed by atoms with Crippen LogP contribution in [-0.2, 0) is 9.59 Å². The highest BCUT2D eigenvalue weighted by Gasteiger charge is 2.40. The van der Waals surface area contributed by atoms with Gasteiger partial charge in [-0.25, -0.2) is 0 Å². The molecule has 0 spiro atoms. The number of piperidine rings is 1. The minimum atomic E-state index is -0.808. The summed E-state index contributed by atoms with van der Waals surface area (Å²) in [5, 5.41) is 9.24. The second-order valence-corrected chi connectivity index (χ2v) is 6.50. The van der Waals surface area contributed by atoms with E-state index in [1.807, 2.05) is 11.9 Å². The Hall–Kier alpha value is -1.10. The molecule has 0 radical (unpaired) electrons. The van der Waals surface area contributed by atoms with Crippen molar-refractivity contribution >= 4 is 11.9 Å². The lowest BCUT2D eigenvalue weighted by Crippen LogP contribution is -2.48. The Bertz CT molecular complexity index is 378. The zero-order valence-electron chi connectivity index (χ0n) is 13.3. The first-order valence-electron chi connectivity index (χ1n) is 8.26. The number of hydrogen-bond acceptors (Lipinski definition) is 3. The minimum absolute atomic E-state index is 0.0499. The maximum absolute atomic E-state index is 12.6. The summed E-state index contributed by atoms with van der Waals surface area (Å²) in [4.78, 5) is 28.2. The average Bonchev–Trinajstić information content (AvgIpc) is 2.96. The van der Waals surface area contributed by atoms with Gasteiger partial charge in [0.15, 0.2) is 0 Å². The van der Waals surface area contributed by atoms with E-state index in [-0.39, 0.29) is 17.9 Å². The van der Waals surface area contributed by atoms with Crippen molar-refractivity contribution in [2.24, 2.45) is 11.8 Å². The summed E-state index contributed by atoms with van der Waals surface area (Å²) in [7, 11) is 1.86. The van der Waals surface area contributed by atoms with E-state index in [4.69, 9.17) is 0 Å². The molecule has 1 saturated carbocycles. The highest BCUT2D eigenvalue weighted by atomic mass is 16.4. The zero-order chi connectivity index (χ0) is 15.4. The molecule has 0 aromatic rings. The molecule has 2 fully saturated rings. The van der Waals surface area contributed by atoms with Crippen molar-refractivity contribution in [2.45, 2.75) is 51.5 Å². The molecule has 1 amide bonds. The van der Waals surface area contributed by atoms with Gasteiger partial charge < -0.3 is 14.9 Å². The first-order chi connectivity index (χ1) is 10.0. The monoisotopic (exact) mass is 296 g/mol. The average molecular weight is 296 g/mol. The van der Waals surface area contributed by atoms with E-state index in [9.17, 15) is 14.7 Å². The Morgan fingerprint density at radius 2 is 1.76 bits per heavy atom. The molecule has 1 heterocycles. The van der Waals surface area contributed by atoms with E-state index in [2.05, 4.69) is 11.8 Å². The molecule has 2 atom stereocenters. The van der Waals surface area contributed by atoms with Crippen LogP contribution in [-0.4, -0.2) is 59.5 Å². The molecule has 1 N–H and O–H groups in total. The lowest BCUT2D eigenvalue weighted by atomic mass is 9.93. The molecular weight excluding hydrogens is 268 g/mol. The third kappa shape index (κ3) is 3.76. The maximum atomic E-state index is 12.6. The summed E-state index contributed by atoms with van der Waals surface area (Å²) >= 11 is 0. The molecule has 0 aromatic carbocycles. The molecule has 1 saturated heterocycles. The van der Waals surface area contributed by atoms with Crippen LogP contribution in [0.4, 0.5) is 0 Å². The number of hydrogen-bond donors (Lipinski definition) is 1. The lowest BCUT2D eigenvalue weighted by Gasteiger charge is -2.38. The van der Waals surface area contributed by atoms with E-state index < -0.39 is 11.9 Å². The van der Waals surface area contributed by atoms with Gasteiger partial charge in [0.1, 0.15) is 0 Å². The number of nitrogens with zero attached hydrogens (tertiary/aromatic N) is 2. The second kappa shape index (κ2) is 7.25. The van der Waals surface area contributed by atoms with Gasteiger partial charge >= 0.3 is 5.97 Å². The molecule has 2 rings (SSSR count). The quantitative estimate of drug-likeness (QED) is 0.840. The van der Waals surface area contributed by atoms with Gasteiger partial charge in [0, 0.05) is 26.2 Å². The zero-order valence-corrected chi connectivity index (χ0v) is 13.3. The van der Waals surface area contributed by atoms with Gasteiger partial charge in [-0.15, -0.1) is 0 Å². The molecule has 5 nitrogen and oxygen atoms in total. The standard InChI is InChI=1S/C16H28N2O3/c1-3-9-18-10-7-12(8-11-18)17(2)15(19)13-5-4-6-14(13)16(20)21/h12-14H,3-11H2,1-2H3,(H,20,21). The van der Waals surface area contributed by atoms with Crippen molar-refractivity contribution in [1.82, 2.24) is 9.80 Å². The Morgan fingerprint density at radius 3 is 2.33 bits per heavy atom. The minimum Gasteiger partial charge on any atom is -0.481 e. The van der Waals surface area contributed by atoms with Crippen molar-refractivity contribution < 1.29 is 14.7 Å².